The van der Waals surface area contributed by atoms with Crippen molar-refractivity contribution >= 4 is 5.82 Å². The van der Waals surface area contributed by atoms with E-state index in [0.29, 0.717) is 23.5 Å². The van der Waals surface area contributed by atoms with Gasteiger partial charge in [-0.05, 0) is 11.6 Å². The number of rotatable bonds is 1. The lowest BCUT2D eigenvalue weighted by Crippen LogP contribution is -2.16. The summed E-state index contributed by atoms with van der Waals surface area (Å²) in [5.41, 5.74) is 0.822. The molecular weight excluding hydrogens is 221 g/mol. The van der Waals surface area contributed by atoms with Crippen LogP contribution in [0.1, 0.15) is 17.0 Å². The van der Waals surface area contributed by atoms with Crippen molar-refractivity contribution in [2.45, 2.75) is 5.92 Å². The van der Waals surface area contributed by atoms with Crippen LogP contribution in [0.15, 0.2) is 35.4 Å². The van der Waals surface area contributed by atoms with Crippen LogP contribution >= 0.6 is 0 Å². The molecule has 0 radical (unpaired) electrons. The summed E-state index contributed by atoms with van der Waals surface area (Å²) in [5.74, 6) is -0.0268. The van der Waals surface area contributed by atoms with E-state index >= 15 is 0 Å². The topological polar surface area (TPSA) is 57.8 Å². The highest BCUT2D eigenvalue weighted by molar-refractivity contribution is 5.54. The van der Waals surface area contributed by atoms with Crippen LogP contribution < -0.4 is 10.9 Å². The van der Waals surface area contributed by atoms with Gasteiger partial charge in [-0.15, -0.1) is 0 Å². The number of aromatic nitrogens is 2. The van der Waals surface area contributed by atoms with Crippen LogP contribution in [0.2, 0.25) is 0 Å². The molecule has 0 spiro atoms. The van der Waals surface area contributed by atoms with Gasteiger partial charge in [0.2, 0.25) is 0 Å². The summed E-state index contributed by atoms with van der Waals surface area (Å²) in [5, 5.41) is 3.02. The van der Waals surface area contributed by atoms with Gasteiger partial charge < -0.3 is 10.3 Å². The summed E-state index contributed by atoms with van der Waals surface area (Å²) < 4.78 is 13.7. The lowest BCUT2D eigenvalue weighted by atomic mass is 9.94. The Balaban J connectivity index is 2.17. The van der Waals surface area contributed by atoms with Crippen molar-refractivity contribution in [3.05, 3.63) is 57.9 Å². The maximum Gasteiger partial charge on any atom is 0.256 e. The molecular formula is C12H10FN3O. The minimum Gasteiger partial charge on any atom is -0.369 e. The largest absolute Gasteiger partial charge is 0.369 e. The number of anilines is 1. The highest BCUT2D eigenvalue weighted by Gasteiger charge is 2.29. The second-order valence-corrected chi connectivity index (χ2v) is 3.95. The van der Waals surface area contributed by atoms with Crippen LogP contribution in [0.4, 0.5) is 10.2 Å². The molecule has 86 valence electrons. The first kappa shape index (κ1) is 10.0. The Hall–Kier alpha value is -2.17. The molecule has 17 heavy (non-hydrogen) atoms. The zero-order chi connectivity index (χ0) is 11.8. The predicted molar refractivity (Wildman–Crippen MR) is 61.6 cm³/mol. The molecule has 4 nitrogen and oxygen atoms in total. The summed E-state index contributed by atoms with van der Waals surface area (Å²) in [6, 6.07) is 6.50. The van der Waals surface area contributed by atoms with E-state index in [-0.39, 0.29) is 17.3 Å². The van der Waals surface area contributed by atoms with Gasteiger partial charge in [0.05, 0.1) is 11.9 Å². The molecule has 5 heteroatoms. The fourth-order valence-electron chi connectivity index (χ4n) is 2.20. The van der Waals surface area contributed by atoms with E-state index in [4.69, 9.17) is 0 Å². The first-order valence-corrected chi connectivity index (χ1v) is 5.33. The number of nitrogens with one attached hydrogen (secondary N) is 2. The van der Waals surface area contributed by atoms with E-state index in [1.165, 1.54) is 12.4 Å². The molecule has 0 fully saturated rings. The molecule has 1 atom stereocenters. The minimum absolute atomic E-state index is 0.215. The summed E-state index contributed by atoms with van der Waals surface area (Å²) >= 11 is 0. The van der Waals surface area contributed by atoms with Crippen LogP contribution in [0.5, 0.6) is 0 Å². The normalized spacial score (nSPS) is 17.6. The Kier molecular flexibility index (Phi) is 2.18. The number of hydrogen-bond donors (Lipinski definition) is 2. The Morgan fingerprint density at radius 2 is 2.18 bits per heavy atom. The van der Waals surface area contributed by atoms with Crippen LogP contribution in [0, 0.1) is 5.82 Å². The van der Waals surface area contributed by atoms with Gasteiger partial charge in [-0.3, -0.25) is 4.79 Å². The van der Waals surface area contributed by atoms with E-state index in [1.807, 2.05) is 0 Å². The highest BCUT2D eigenvalue weighted by Crippen LogP contribution is 2.32. The molecule has 0 aliphatic carbocycles. The molecule has 0 bridgehead atoms. The molecule has 0 saturated heterocycles. The third-order valence-corrected chi connectivity index (χ3v) is 2.99. The third kappa shape index (κ3) is 1.51. The molecule has 2 N–H and O–H groups in total. The second kappa shape index (κ2) is 3.69. The van der Waals surface area contributed by atoms with E-state index in [0.717, 1.165) is 0 Å². The van der Waals surface area contributed by atoms with Gasteiger partial charge >= 0.3 is 0 Å². The van der Waals surface area contributed by atoms with Gasteiger partial charge in [0.25, 0.3) is 5.56 Å². The van der Waals surface area contributed by atoms with Gasteiger partial charge in [0.15, 0.2) is 0 Å². The number of aromatic amines is 1. The van der Waals surface area contributed by atoms with E-state index in [9.17, 15) is 9.18 Å². The van der Waals surface area contributed by atoms with Crippen molar-refractivity contribution in [2.75, 3.05) is 11.9 Å². The molecule has 1 aromatic heterocycles. The third-order valence-electron chi connectivity index (χ3n) is 2.99. The van der Waals surface area contributed by atoms with Crippen LogP contribution in [0.25, 0.3) is 0 Å². The summed E-state index contributed by atoms with van der Waals surface area (Å²) in [6.45, 7) is 0.496. The van der Waals surface area contributed by atoms with E-state index in [1.54, 1.807) is 18.2 Å². The number of H-pyrrole nitrogens is 1. The fourth-order valence-corrected chi connectivity index (χ4v) is 2.20. The monoisotopic (exact) mass is 231 g/mol. The fraction of sp³-hybridized carbons (Fsp3) is 0.167. The first-order chi connectivity index (χ1) is 8.27. The predicted octanol–water partition coefficient (Wildman–Crippen LogP) is 1.47. The van der Waals surface area contributed by atoms with Gasteiger partial charge in [0.1, 0.15) is 11.6 Å². The first-order valence-electron chi connectivity index (χ1n) is 5.33. The van der Waals surface area contributed by atoms with Crippen molar-refractivity contribution in [2.24, 2.45) is 0 Å². The maximum absolute atomic E-state index is 13.7. The summed E-state index contributed by atoms with van der Waals surface area (Å²) in [6.07, 6.45) is 1.35. The van der Waals surface area contributed by atoms with Crippen molar-refractivity contribution in [1.82, 2.24) is 9.97 Å². The van der Waals surface area contributed by atoms with Crippen molar-refractivity contribution in [1.29, 1.82) is 0 Å². The summed E-state index contributed by atoms with van der Waals surface area (Å²) in [4.78, 5) is 18.3. The zero-order valence-corrected chi connectivity index (χ0v) is 8.90. The second-order valence-electron chi connectivity index (χ2n) is 3.95. The molecule has 2 aromatic rings. The smallest absolute Gasteiger partial charge is 0.256 e. The number of hydrogen-bond acceptors (Lipinski definition) is 3. The number of nitrogens with zero attached hydrogens (tertiary/aromatic N) is 1. The van der Waals surface area contributed by atoms with Crippen LogP contribution in [-0.4, -0.2) is 16.5 Å². The lowest BCUT2D eigenvalue weighted by Gasteiger charge is -2.09. The number of benzene rings is 1. The zero-order valence-electron chi connectivity index (χ0n) is 8.90. The quantitative estimate of drug-likeness (QED) is 0.781. The molecule has 2 heterocycles. The van der Waals surface area contributed by atoms with Gasteiger partial charge in [-0.25, -0.2) is 9.37 Å². The number of halogens is 1. The molecule has 1 aromatic carbocycles. The number of fused-ring (bicyclic) bond motifs is 1. The standard InChI is InChI=1S/C12H10FN3O/c13-9-4-2-1-3-7(9)8-5-14-11-10(8)12(17)16-6-15-11/h1-4,6,8H,5H2,(H2,14,15,16,17)/t8-/m0/s1. The Morgan fingerprint density at radius 3 is 3.00 bits per heavy atom. The van der Waals surface area contributed by atoms with Gasteiger partial charge in [0, 0.05) is 12.5 Å². The Labute approximate surface area is 96.5 Å². The molecule has 0 unspecified atom stereocenters. The van der Waals surface area contributed by atoms with Crippen molar-refractivity contribution in [3.63, 3.8) is 0 Å². The highest BCUT2D eigenvalue weighted by atomic mass is 19.1. The molecule has 0 saturated carbocycles. The molecule has 3 rings (SSSR count). The lowest BCUT2D eigenvalue weighted by molar-refractivity contribution is 0.602. The minimum atomic E-state index is -0.296. The maximum atomic E-state index is 13.7. The van der Waals surface area contributed by atoms with E-state index < -0.39 is 0 Å². The van der Waals surface area contributed by atoms with Gasteiger partial charge in [-0.2, -0.15) is 0 Å². The molecule has 0 amide bonds. The van der Waals surface area contributed by atoms with Crippen molar-refractivity contribution in [3.8, 4) is 0 Å². The average Bonchev–Trinajstić information content (AvgIpc) is 2.75. The Morgan fingerprint density at radius 1 is 1.35 bits per heavy atom. The summed E-state index contributed by atoms with van der Waals surface area (Å²) in [7, 11) is 0. The van der Waals surface area contributed by atoms with Crippen molar-refractivity contribution < 1.29 is 4.39 Å². The molecule has 1 aliphatic rings. The average molecular weight is 231 g/mol. The molecule has 1 aliphatic heterocycles. The van der Waals surface area contributed by atoms with Gasteiger partial charge in [-0.1, -0.05) is 18.2 Å². The van der Waals surface area contributed by atoms with E-state index in [2.05, 4.69) is 15.3 Å². The van der Waals surface area contributed by atoms with Crippen LogP contribution in [0.3, 0.4) is 0 Å². The SMILES string of the molecule is O=c1[nH]cnc2c1[C@H](c1ccccc1F)CN2. The Bertz CT molecular complexity index is 623. The van der Waals surface area contributed by atoms with Crippen LogP contribution in [-0.2, 0) is 0 Å².